The summed E-state index contributed by atoms with van der Waals surface area (Å²) in [6, 6.07) is 0. The molecule has 5 heteroatoms. The van der Waals surface area contributed by atoms with Gasteiger partial charge < -0.3 is 20.3 Å². The van der Waals surface area contributed by atoms with Crippen molar-refractivity contribution in [3.63, 3.8) is 0 Å². The first-order valence-corrected chi connectivity index (χ1v) is 10.3. The van der Waals surface area contributed by atoms with E-state index < -0.39 is 0 Å². The van der Waals surface area contributed by atoms with E-state index in [1.54, 1.807) is 0 Å². The van der Waals surface area contributed by atoms with Gasteiger partial charge in [0, 0.05) is 45.9 Å². The number of nitrogens with one attached hydrogen (secondary N) is 2. The number of nitrogens with zero attached hydrogens (tertiary/aromatic N) is 2. The summed E-state index contributed by atoms with van der Waals surface area (Å²) in [4.78, 5) is 7.44. The summed E-state index contributed by atoms with van der Waals surface area (Å²) in [6.07, 6.45) is 3.63. The van der Waals surface area contributed by atoms with Crippen LogP contribution in [0.15, 0.2) is 4.99 Å². The highest BCUT2D eigenvalue weighted by Gasteiger charge is 2.20. The van der Waals surface area contributed by atoms with Crippen molar-refractivity contribution < 1.29 is 4.74 Å². The molecule has 1 unspecified atom stereocenters. The van der Waals surface area contributed by atoms with Gasteiger partial charge in [-0.05, 0) is 50.5 Å². The second-order valence-corrected chi connectivity index (χ2v) is 8.13. The monoisotopic (exact) mass is 354 g/mol. The zero-order chi connectivity index (χ0) is 18.5. The Hall–Kier alpha value is -0.810. The first-order valence-electron chi connectivity index (χ1n) is 10.3. The fourth-order valence-electron chi connectivity index (χ4n) is 3.24. The molecule has 0 saturated carbocycles. The molecule has 148 valence electrons. The lowest BCUT2D eigenvalue weighted by molar-refractivity contribution is 0.108. The zero-order valence-electron chi connectivity index (χ0n) is 17.3. The van der Waals surface area contributed by atoms with Crippen LogP contribution in [0.3, 0.4) is 0 Å². The zero-order valence-corrected chi connectivity index (χ0v) is 17.3. The molecule has 0 amide bonds. The molecule has 1 heterocycles. The summed E-state index contributed by atoms with van der Waals surface area (Å²) in [5.41, 5.74) is 0. The number of hydrogen-bond acceptors (Lipinski definition) is 3. The van der Waals surface area contributed by atoms with Crippen molar-refractivity contribution in [2.45, 2.75) is 53.9 Å². The van der Waals surface area contributed by atoms with Crippen LogP contribution in [0.25, 0.3) is 0 Å². The van der Waals surface area contributed by atoms with E-state index in [0.29, 0.717) is 11.8 Å². The van der Waals surface area contributed by atoms with Crippen LogP contribution in [0.5, 0.6) is 0 Å². The maximum absolute atomic E-state index is 5.63. The van der Waals surface area contributed by atoms with Crippen molar-refractivity contribution in [3.8, 4) is 0 Å². The fraction of sp³-hybridized carbons (Fsp3) is 0.950. The van der Waals surface area contributed by atoms with Gasteiger partial charge >= 0.3 is 0 Å². The highest BCUT2D eigenvalue weighted by Crippen LogP contribution is 2.17. The molecule has 0 aromatic heterocycles. The molecule has 0 aromatic carbocycles. The van der Waals surface area contributed by atoms with E-state index in [1.165, 1.54) is 32.5 Å². The lowest BCUT2D eigenvalue weighted by Crippen LogP contribution is -2.41. The quantitative estimate of drug-likeness (QED) is 0.340. The van der Waals surface area contributed by atoms with Crippen LogP contribution < -0.4 is 10.6 Å². The molecular formula is C20H42N4O. The summed E-state index contributed by atoms with van der Waals surface area (Å²) in [5, 5.41) is 6.80. The topological polar surface area (TPSA) is 48.9 Å². The Balaban J connectivity index is 2.29. The van der Waals surface area contributed by atoms with E-state index in [0.717, 1.165) is 51.1 Å². The molecule has 5 nitrogen and oxygen atoms in total. The van der Waals surface area contributed by atoms with Crippen molar-refractivity contribution in [2.75, 3.05) is 52.5 Å². The van der Waals surface area contributed by atoms with Gasteiger partial charge in [0.1, 0.15) is 0 Å². The predicted molar refractivity (Wildman–Crippen MR) is 108 cm³/mol. The summed E-state index contributed by atoms with van der Waals surface area (Å²) < 4.78 is 5.63. The lowest BCUT2D eigenvalue weighted by atomic mass is 9.97. The third-order valence-electron chi connectivity index (χ3n) is 4.29. The van der Waals surface area contributed by atoms with Gasteiger partial charge in [0.25, 0.3) is 0 Å². The van der Waals surface area contributed by atoms with Crippen LogP contribution in [0.2, 0.25) is 0 Å². The van der Waals surface area contributed by atoms with E-state index in [-0.39, 0.29) is 0 Å². The minimum atomic E-state index is 0.609. The van der Waals surface area contributed by atoms with Gasteiger partial charge in [-0.15, -0.1) is 0 Å². The van der Waals surface area contributed by atoms with E-state index in [2.05, 4.69) is 50.2 Å². The molecule has 0 aromatic rings. The van der Waals surface area contributed by atoms with Crippen LogP contribution in [-0.4, -0.2) is 63.3 Å². The number of rotatable bonds is 11. The molecule has 1 atom stereocenters. The van der Waals surface area contributed by atoms with Crippen molar-refractivity contribution in [1.29, 1.82) is 0 Å². The van der Waals surface area contributed by atoms with Crippen LogP contribution in [-0.2, 0) is 4.74 Å². The Morgan fingerprint density at radius 2 is 2.00 bits per heavy atom. The molecule has 0 spiro atoms. The smallest absolute Gasteiger partial charge is 0.191 e. The van der Waals surface area contributed by atoms with E-state index in [4.69, 9.17) is 9.73 Å². The Morgan fingerprint density at radius 1 is 1.20 bits per heavy atom. The first kappa shape index (κ1) is 22.2. The Bertz CT molecular complexity index is 358. The number of hydrogen-bond donors (Lipinski definition) is 2. The van der Waals surface area contributed by atoms with Crippen molar-refractivity contribution >= 4 is 5.96 Å². The van der Waals surface area contributed by atoms with E-state index >= 15 is 0 Å². The third kappa shape index (κ3) is 11.4. The highest BCUT2D eigenvalue weighted by atomic mass is 16.5. The first-order chi connectivity index (χ1) is 12.0. The second kappa shape index (κ2) is 13.4. The summed E-state index contributed by atoms with van der Waals surface area (Å²) >= 11 is 0. The lowest BCUT2D eigenvalue weighted by Gasteiger charge is -2.33. The third-order valence-corrected chi connectivity index (χ3v) is 4.29. The average molecular weight is 355 g/mol. The number of likely N-dealkylation sites (tertiary alicyclic amines) is 1. The number of guanidine groups is 1. The van der Waals surface area contributed by atoms with Crippen molar-refractivity contribution in [1.82, 2.24) is 15.5 Å². The second-order valence-electron chi connectivity index (χ2n) is 8.13. The standard InChI is InChI=1S/C20H42N4O/c1-6-21-20(22-10-8-12-25-16-18(4)5)23-13-19-9-7-11-24(15-19)14-17(2)3/h17-19H,6-16H2,1-5H3,(H2,21,22,23). The van der Waals surface area contributed by atoms with Crippen LogP contribution in [0.1, 0.15) is 53.9 Å². The Morgan fingerprint density at radius 3 is 2.68 bits per heavy atom. The van der Waals surface area contributed by atoms with Crippen LogP contribution >= 0.6 is 0 Å². The molecule has 1 aliphatic rings. The van der Waals surface area contributed by atoms with E-state index in [1.807, 2.05) is 0 Å². The number of piperidine rings is 1. The average Bonchev–Trinajstić information content (AvgIpc) is 2.55. The predicted octanol–water partition coefficient (Wildman–Crippen LogP) is 2.97. The van der Waals surface area contributed by atoms with Gasteiger partial charge in [-0.25, -0.2) is 0 Å². The Kier molecular flexibility index (Phi) is 11.9. The highest BCUT2D eigenvalue weighted by molar-refractivity contribution is 5.79. The maximum atomic E-state index is 5.63. The molecule has 2 N–H and O–H groups in total. The summed E-state index contributed by atoms with van der Waals surface area (Å²) in [7, 11) is 0. The maximum Gasteiger partial charge on any atom is 0.191 e. The molecule has 0 radical (unpaired) electrons. The number of ether oxygens (including phenoxy) is 1. The summed E-state index contributed by atoms with van der Waals surface area (Å²) in [5.74, 6) is 3.00. The van der Waals surface area contributed by atoms with Crippen LogP contribution in [0, 0.1) is 17.8 Å². The van der Waals surface area contributed by atoms with Gasteiger partial charge in [0.05, 0.1) is 0 Å². The molecule has 1 rings (SSSR count). The molecular weight excluding hydrogens is 312 g/mol. The van der Waals surface area contributed by atoms with Gasteiger partial charge in [-0.3, -0.25) is 4.99 Å². The van der Waals surface area contributed by atoms with Gasteiger partial charge in [-0.2, -0.15) is 0 Å². The largest absolute Gasteiger partial charge is 0.381 e. The van der Waals surface area contributed by atoms with Gasteiger partial charge in [0.2, 0.25) is 0 Å². The molecule has 1 saturated heterocycles. The molecule has 0 bridgehead atoms. The molecule has 1 aliphatic heterocycles. The van der Waals surface area contributed by atoms with Crippen molar-refractivity contribution in [2.24, 2.45) is 22.7 Å². The molecule has 25 heavy (non-hydrogen) atoms. The SMILES string of the molecule is CCNC(=NCC1CCCN(CC(C)C)C1)NCCCOCC(C)C. The van der Waals surface area contributed by atoms with Gasteiger partial charge in [-0.1, -0.05) is 27.7 Å². The minimum absolute atomic E-state index is 0.609. The molecule has 1 fully saturated rings. The molecule has 0 aliphatic carbocycles. The van der Waals surface area contributed by atoms with Crippen molar-refractivity contribution in [3.05, 3.63) is 0 Å². The Labute approximate surface area is 156 Å². The van der Waals surface area contributed by atoms with Gasteiger partial charge in [0.15, 0.2) is 5.96 Å². The summed E-state index contributed by atoms with van der Waals surface area (Å²) in [6.45, 7) is 19.2. The van der Waals surface area contributed by atoms with Crippen LogP contribution in [0.4, 0.5) is 0 Å². The minimum Gasteiger partial charge on any atom is -0.381 e. The normalized spacial score (nSPS) is 19.6. The fourth-order valence-corrected chi connectivity index (χ4v) is 3.24. The van der Waals surface area contributed by atoms with E-state index in [9.17, 15) is 0 Å². The number of aliphatic imine (C=N–C) groups is 1.